The van der Waals surface area contributed by atoms with Gasteiger partial charge in [0.25, 0.3) is 0 Å². The van der Waals surface area contributed by atoms with Gasteiger partial charge in [-0.05, 0) is 56.3 Å². The second-order valence-corrected chi connectivity index (χ2v) is 10.7. The van der Waals surface area contributed by atoms with Crippen molar-refractivity contribution in [3.05, 3.63) is 53.8 Å². The van der Waals surface area contributed by atoms with E-state index >= 15 is 0 Å². The Hall–Kier alpha value is -2.52. The Morgan fingerprint density at radius 1 is 1.21 bits per heavy atom. The van der Waals surface area contributed by atoms with E-state index in [0.717, 1.165) is 15.3 Å². The fraction of sp³-hybridized carbons (Fsp3) is 0.300. The summed E-state index contributed by atoms with van der Waals surface area (Å²) in [5, 5.41) is 0.237. The Morgan fingerprint density at radius 3 is 2.55 bits per heavy atom. The molecule has 0 unspecified atom stereocenters. The van der Waals surface area contributed by atoms with E-state index in [4.69, 9.17) is 4.74 Å². The molecule has 4 rings (SSSR count). The fourth-order valence-electron chi connectivity index (χ4n) is 2.96. The number of hydrogen-bond acceptors (Lipinski definition) is 7. The Kier molecular flexibility index (Phi) is 5.04. The van der Waals surface area contributed by atoms with Crippen molar-refractivity contribution in [3.63, 3.8) is 0 Å². The summed E-state index contributed by atoms with van der Waals surface area (Å²) >= 11 is 1.40. The summed E-state index contributed by atoms with van der Waals surface area (Å²) in [6.07, 6.45) is -0.273. The summed E-state index contributed by atoms with van der Waals surface area (Å²) in [7, 11) is -3.38. The van der Waals surface area contributed by atoms with Crippen molar-refractivity contribution in [3.8, 4) is 0 Å². The molecule has 0 spiro atoms. The number of sulfone groups is 1. The van der Waals surface area contributed by atoms with Gasteiger partial charge in [0.05, 0.1) is 39.0 Å². The van der Waals surface area contributed by atoms with Crippen LogP contribution in [0.4, 0.5) is 9.52 Å². The Labute approximate surface area is 171 Å². The first-order valence-corrected chi connectivity index (χ1v) is 11.5. The highest BCUT2D eigenvalue weighted by Gasteiger charge is 2.32. The highest BCUT2D eigenvalue weighted by molar-refractivity contribution is 7.92. The quantitative estimate of drug-likeness (QED) is 0.571. The zero-order chi connectivity index (χ0) is 20.8. The fourth-order valence-corrected chi connectivity index (χ4v) is 5.03. The van der Waals surface area contributed by atoms with Crippen molar-refractivity contribution >= 4 is 42.5 Å². The van der Waals surface area contributed by atoms with Crippen molar-refractivity contribution in [2.45, 2.75) is 30.1 Å². The van der Waals surface area contributed by atoms with Gasteiger partial charge in [0, 0.05) is 0 Å². The summed E-state index contributed by atoms with van der Waals surface area (Å²) < 4.78 is 43.9. The first-order chi connectivity index (χ1) is 13.7. The van der Waals surface area contributed by atoms with Crippen molar-refractivity contribution in [1.29, 1.82) is 0 Å². The van der Waals surface area contributed by atoms with Crippen LogP contribution in [-0.2, 0) is 14.6 Å². The number of fused-ring (bicyclic) bond motifs is 1. The van der Waals surface area contributed by atoms with E-state index in [0.29, 0.717) is 18.7 Å². The molecule has 0 bridgehead atoms. The second kappa shape index (κ2) is 7.38. The van der Waals surface area contributed by atoms with Crippen LogP contribution in [0.15, 0.2) is 47.4 Å². The Morgan fingerprint density at radius 2 is 1.90 bits per heavy atom. The molecule has 0 saturated carbocycles. The lowest BCUT2D eigenvalue weighted by atomic mass is 10.2. The number of ether oxygens (including phenoxy) is 1. The number of carbonyl (C=O) groups excluding carboxylic acids is 1. The average Bonchev–Trinajstić information content (AvgIpc) is 3.06. The molecule has 0 N–H and O–H groups in total. The number of thiazole rings is 1. The molecule has 1 saturated heterocycles. The van der Waals surface area contributed by atoms with Gasteiger partial charge in [0.1, 0.15) is 11.9 Å². The largest absolute Gasteiger partial charge is 0.455 e. The molecule has 0 aliphatic carbocycles. The molecule has 1 fully saturated rings. The molecule has 6 nitrogen and oxygen atoms in total. The maximum atomic E-state index is 13.3. The number of aromatic nitrogens is 1. The van der Waals surface area contributed by atoms with E-state index < -0.39 is 21.1 Å². The van der Waals surface area contributed by atoms with E-state index in [-0.39, 0.29) is 16.8 Å². The summed E-state index contributed by atoms with van der Waals surface area (Å²) in [5.74, 6) is -0.787. The molecular weight excluding hydrogens is 415 g/mol. The average molecular weight is 435 g/mol. The first kappa shape index (κ1) is 19.8. The normalized spacial score (nSPS) is 15.0. The number of carbonyl (C=O) groups is 1. The Bertz CT molecular complexity index is 1170. The lowest BCUT2D eigenvalue weighted by molar-refractivity contribution is 0.0234. The molecule has 9 heteroatoms. The van der Waals surface area contributed by atoms with E-state index in [1.54, 1.807) is 19.9 Å². The molecule has 0 radical (unpaired) electrons. The van der Waals surface area contributed by atoms with Crippen LogP contribution in [0.1, 0.15) is 24.2 Å². The van der Waals surface area contributed by atoms with Gasteiger partial charge in [0.2, 0.25) is 0 Å². The minimum absolute atomic E-state index is 0.186. The Balaban J connectivity index is 1.36. The van der Waals surface area contributed by atoms with Crippen molar-refractivity contribution < 1.29 is 22.3 Å². The third kappa shape index (κ3) is 3.84. The van der Waals surface area contributed by atoms with E-state index in [1.165, 1.54) is 47.7 Å². The summed E-state index contributed by atoms with van der Waals surface area (Å²) in [6.45, 7) is 4.24. The van der Waals surface area contributed by atoms with Gasteiger partial charge in [-0.1, -0.05) is 11.3 Å². The van der Waals surface area contributed by atoms with Gasteiger partial charge in [-0.3, -0.25) is 0 Å². The minimum atomic E-state index is -3.38. The number of hydrogen-bond donors (Lipinski definition) is 0. The summed E-state index contributed by atoms with van der Waals surface area (Å²) in [5.41, 5.74) is 1.05. The van der Waals surface area contributed by atoms with Crippen LogP contribution >= 0.6 is 11.3 Å². The van der Waals surface area contributed by atoms with Gasteiger partial charge in [0.15, 0.2) is 15.0 Å². The van der Waals surface area contributed by atoms with Gasteiger partial charge >= 0.3 is 5.97 Å². The molecule has 3 aromatic rings. The lowest BCUT2D eigenvalue weighted by Gasteiger charge is -2.38. The zero-order valence-corrected chi connectivity index (χ0v) is 17.5. The van der Waals surface area contributed by atoms with Crippen LogP contribution in [0.2, 0.25) is 0 Å². The molecule has 29 heavy (non-hydrogen) atoms. The SMILES string of the molecule is CC(C)S(=O)(=O)c1ccc(C(=O)OC2CN(c3nc4ccc(F)cc4s3)C2)cc1. The smallest absolute Gasteiger partial charge is 0.338 e. The van der Waals surface area contributed by atoms with Crippen LogP contribution in [0.5, 0.6) is 0 Å². The topological polar surface area (TPSA) is 76.6 Å². The van der Waals surface area contributed by atoms with Crippen molar-refractivity contribution in [2.24, 2.45) is 0 Å². The molecule has 1 aliphatic rings. The van der Waals surface area contributed by atoms with Crippen molar-refractivity contribution in [1.82, 2.24) is 4.98 Å². The van der Waals surface area contributed by atoms with Crippen molar-refractivity contribution in [2.75, 3.05) is 18.0 Å². The van der Waals surface area contributed by atoms with E-state index in [1.807, 2.05) is 4.90 Å². The molecule has 0 amide bonds. The third-order valence-electron chi connectivity index (χ3n) is 4.77. The maximum absolute atomic E-state index is 13.3. The number of benzene rings is 2. The highest BCUT2D eigenvalue weighted by atomic mass is 32.2. The standard InChI is InChI=1S/C20H19FN2O4S2/c1-12(2)29(25,26)16-6-3-13(4-7-16)19(24)27-15-10-23(11-15)20-22-17-8-5-14(21)9-18(17)28-20/h3-9,12,15H,10-11H2,1-2H3. The number of halogens is 1. The van der Waals surface area contributed by atoms with Gasteiger partial charge in [-0.15, -0.1) is 0 Å². The molecule has 152 valence electrons. The highest BCUT2D eigenvalue weighted by Crippen LogP contribution is 2.32. The molecule has 2 heterocycles. The number of anilines is 1. The van der Waals surface area contributed by atoms with E-state index in [9.17, 15) is 17.6 Å². The lowest BCUT2D eigenvalue weighted by Crippen LogP contribution is -2.53. The monoisotopic (exact) mass is 434 g/mol. The van der Waals surface area contributed by atoms with Gasteiger partial charge in [-0.2, -0.15) is 0 Å². The van der Waals surface area contributed by atoms with Crippen LogP contribution < -0.4 is 4.90 Å². The number of nitrogens with zero attached hydrogens (tertiary/aromatic N) is 2. The zero-order valence-electron chi connectivity index (χ0n) is 15.8. The summed E-state index contributed by atoms with van der Waals surface area (Å²) in [6, 6.07) is 10.3. The van der Waals surface area contributed by atoms with Crippen LogP contribution in [0.25, 0.3) is 10.2 Å². The molecule has 2 aromatic carbocycles. The first-order valence-electron chi connectivity index (χ1n) is 9.10. The number of rotatable bonds is 5. The predicted molar refractivity (Wildman–Crippen MR) is 110 cm³/mol. The minimum Gasteiger partial charge on any atom is -0.455 e. The molecular formula is C20H19FN2O4S2. The second-order valence-electron chi connectivity index (χ2n) is 7.16. The molecule has 1 aliphatic heterocycles. The van der Waals surface area contributed by atoms with Gasteiger partial charge < -0.3 is 9.64 Å². The molecule has 0 atom stereocenters. The summed E-state index contributed by atoms with van der Waals surface area (Å²) in [4.78, 5) is 19.0. The van der Waals surface area contributed by atoms with Crippen LogP contribution in [0, 0.1) is 5.82 Å². The third-order valence-corrected chi connectivity index (χ3v) is 8.02. The number of esters is 1. The van der Waals surface area contributed by atoms with E-state index in [2.05, 4.69) is 4.98 Å². The van der Waals surface area contributed by atoms with Gasteiger partial charge in [-0.25, -0.2) is 22.6 Å². The maximum Gasteiger partial charge on any atom is 0.338 e. The predicted octanol–water partition coefficient (Wildman–Crippen LogP) is 3.66. The molecule has 1 aromatic heterocycles. The van der Waals surface area contributed by atoms with Crippen LogP contribution in [-0.4, -0.2) is 43.8 Å². The van der Waals surface area contributed by atoms with Crippen LogP contribution in [0.3, 0.4) is 0 Å².